The van der Waals surface area contributed by atoms with Gasteiger partial charge < -0.3 is 18.6 Å². The van der Waals surface area contributed by atoms with Crippen LogP contribution in [0.2, 0.25) is 0 Å². The van der Waals surface area contributed by atoms with Crippen molar-refractivity contribution in [1.82, 2.24) is 0 Å². The Morgan fingerprint density at radius 3 is 1.97 bits per heavy atom. The molecule has 2 aromatic rings. The van der Waals surface area contributed by atoms with Crippen molar-refractivity contribution >= 4 is 11.0 Å². The van der Waals surface area contributed by atoms with Crippen molar-refractivity contribution in [3.05, 3.63) is 52.9 Å². The summed E-state index contributed by atoms with van der Waals surface area (Å²) in [5.74, 6) is 1.21. The van der Waals surface area contributed by atoms with Gasteiger partial charge in [-0.1, -0.05) is 96.1 Å². The first-order chi connectivity index (χ1) is 17.7. The standard InChI is InChI=1S/C31H46O5/c1-4-7-10-13-14-15-16-19-24-34-29-28-26(33-23-17-11-8-5-2)21-20-22-27(28)36-31(32)30(29)35-25-18-12-9-6-3/h8-9,11-12,20-22H,4-7,10,13-19,23-25H2,1-3H3/b11-8+,12-9+. The molecule has 200 valence electrons. The highest BCUT2D eigenvalue weighted by molar-refractivity contribution is 5.91. The molecule has 0 aliphatic rings. The Kier molecular flexibility index (Phi) is 15.2. The maximum Gasteiger partial charge on any atom is 0.383 e. The average molecular weight is 499 g/mol. The molecule has 5 nitrogen and oxygen atoms in total. The zero-order valence-corrected chi connectivity index (χ0v) is 22.7. The van der Waals surface area contributed by atoms with E-state index in [-0.39, 0.29) is 5.75 Å². The molecule has 0 aliphatic heterocycles. The first kappa shape index (κ1) is 29.5. The van der Waals surface area contributed by atoms with Crippen LogP contribution in [0.3, 0.4) is 0 Å². The quantitative estimate of drug-likeness (QED) is 0.104. The molecular weight excluding hydrogens is 452 g/mol. The van der Waals surface area contributed by atoms with E-state index in [1.54, 1.807) is 6.07 Å². The van der Waals surface area contributed by atoms with Crippen LogP contribution >= 0.6 is 0 Å². The normalized spacial score (nSPS) is 11.6. The van der Waals surface area contributed by atoms with Crippen LogP contribution in [-0.4, -0.2) is 19.8 Å². The van der Waals surface area contributed by atoms with E-state index in [0.717, 1.165) is 32.1 Å². The molecule has 0 amide bonds. The van der Waals surface area contributed by atoms with E-state index in [4.69, 9.17) is 18.6 Å². The maximum atomic E-state index is 12.8. The van der Waals surface area contributed by atoms with Gasteiger partial charge in [-0.2, -0.15) is 0 Å². The van der Waals surface area contributed by atoms with Crippen molar-refractivity contribution in [3.63, 3.8) is 0 Å². The van der Waals surface area contributed by atoms with Gasteiger partial charge in [0.05, 0.1) is 19.8 Å². The van der Waals surface area contributed by atoms with E-state index in [0.29, 0.717) is 48.7 Å². The molecule has 0 N–H and O–H groups in total. The molecule has 0 fully saturated rings. The highest BCUT2D eigenvalue weighted by Gasteiger charge is 2.21. The third kappa shape index (κ3) is 10.5. The van der Waals surface area contributed by atoms with Crippen LogP contribution in [0.25, 0.3) is 11.0 Å². The molecule has 1 aromatic heterocycles. The summed E-state index contributed by atoms with van der Waals surface area (Å²) in [7, 11) is 0. The number of rotatable bonds is 20. The minimum Gasteiger partial charge on any atom is -0.492 e. The Balaban J connectivity index is 2.17. The monoisotopic (exact) mass is 498 g/mol. The van der Waals surface area contributed by atoms with Crippen molar-refractivity contribution in [2.24, 2.45) is 0 Å². The highest BCUT2D eigenvalue weighted by atomic mass is 16.5. The summed E-state index contributed by atoms with van der Waals surface area (Å²) >= 11 is 0. The minimum atomic E-state index is -0.518. The fraction of sp³-hybridized carbons (Fsp3) is 0.581. The van der Waals surface area contributed by atoms with Crippen LogP contribution in [0, 0.1) is 0 Å². The lowest BCUT2D eigenvalue weighted by Crippen LogP contribution is -2.12. The predicted octanol–water partition coefficient (Wildman–Crippen LogP) is 8.78. The fourth-order valence-corrected chi connectivity index (χ4v) is 4.00. The van der Waals surface area contributed by atoms with Crippen molar-refractivity contribution in [2.45, 2.75) is 97.8 Å². The molecule has 0 spiro atoms. The van der Waals surface area contributed by atoms with Gasteiger partial charge in [0.25, 0.3) is 0 Å². The van der Waals surface area contributed by atoms with E-state index in [9.17, 15) is 4.79 Å². The number of ether oxygens (including phenoxy) is 3. The van der Waals surface area contributed by atoms with Crippen LogP contribution in [-0.2, 0) is 0 Å². The van der Waals surface area contributed by atoms with Crippen LogP contribution in [0.1, 0.15) is 97.8 Å². The predicted molar refractivity (Wildman–Crippen MR) is 150 cm³/mol. The summed E-state index contributed by atoms with van der Waals surface area (Å²) in [6.45, 7) is 7.87. The summed E-state index contributed by atoms with van der Waals surface area (Å²) < 4.78 is 23.9. The summed E-state index contributed by atoms with van der Waals surface area (Å²) in [5.41, 5.74) is -0.0679. The van der Waals surface area contributed by atoms with Gasteiger partial charge in [-0.05, 0) is 44.2 Å². The number of fused-ring (bicyclic) bond motifs is 1. The van der Waals surface area contributed by atoms with Crippen LogP contribution in [0.15, 0.2) is 51.7 Å². The van der Waals surface area contributed by atoms with Crippen LogP contribution in [0.4, 0.5) is 0 Å². The summed E-state index contributed by atoms with van der Waals surface area (Å²) in [4.78, 5) is 12.8. The van der Waals surface area contributed by atoms with Crippen molar-refractivity contribution < 1.29 is 18.6 Å². The largest absolute Gasteiger partial charge is 0.492 e. The molecular formula is C31H46O5. The smallest absolute Gasteiger partial charge is 0.383 e. The summed E-state index contributed by atoms with van der Waals surface area (Å²) in [5, 5.41) is 0.662. The summed E-state index contributed by atoms with van der Waals surface area (Å²) in [6.07, 6.45) is 21.6. The number of hydrogen-bond donors (Lipinski definition) is 0. The van der Waals surface area contributed by atoms with Gasteiger partial charge in [0.2, 0.25) is 5.75 Å². The Morgan fingerprint density at radius 1 is 0.694 bits per heavy atom. The molecule has 0 unspecified atom stereocenters. The zero-order chi connectivity index (χ0) is 25.8. The average Bonchev–Trinajstić information content (AvgIpc) is 2.88. The molecule has 1 heterocycles. The molecule has 5 heteroatoms. The number of hydrogen-bond acceptors (Lipinski definition) is 5. The van der Waals surface area contributed by atoms with Crippen molar-refractivity contribution in [3.8, 4) is 17.2 Å². The van der Waals surface area contributed by atoms with Crippen LogP contribution < -0.4 is 19.8 Å². The van der Waals surface area contributed by atoms with Gasteiger partial charge in [-0.25, -0.2) is 4.79 Å². The Hall–Kier alpha value is -2.69. The number of allylic oxidation sites excluding steroid dienone is 2. The highest BCUT2D eigenvalue weighted by Crippen LogP contribution is 2.39. The van der Waals surface area contributed by atoms with Gasteiger partial charge >= 0.3 is 5.63 Å². The molecule has 1 aromatic carbocycles. The van der Waals surface area contributed by atoms with Gasteiger partial charge in [0.15, 0.2) is 5.75 Å². The van der Waals surface area contributed by atoms with E-state index < -0.39 is 5.63 Å². The van der Waals surface area contributed by atoms with Crippen molar-refractivity contribution in [2.75, 3.05) is 19.8 Å². The topological polar surface area (TPSA) is 57.9 Å². The van der Waals surface area contributed by atoms with Gasteiger partial charge in [0.1, 0.15) is 16.7 Å². The van der Waals surface area contributed by atoms with Gasteiger partial charge in [-0.3, -0.25) is 0 Å². The lowest BCUT2D eigenvalue weighted by molar-refractivity contribution is 0.256. The fourth-order valence-electron chi connectivity index (χ4n) is 4.00. The van der Waals surface area contributed by atoms with Crippen LogP contribution in [0.5, 0.6) is 17.2 Å². The molecule has 0 saturated heterocycles. The minimum absolute atomic E-state index is 0.133. The second-order valence-corrected chi connectivity index (χ2v) is 9.03. The van der Waals surface area contributed by atoms with E-state index in [1.807, 2.05) is 12.1 Å². The second kappa shape index (κ2) is 18.6. The first-order valence-electron chi connectivity index (χ1n) is 14.0. The van der Waals surface area contributed by atoms with E-state index in [2.05, 4.69) is 45.1 Å². The Morgan fingerprint density at radius 2 is 1.31 bits per heavy atom. The third-order valence-corrected chi connectivity index (χ3v) is 5.93. The second-order valence-electron chi connectivity index (χ2n) is 9.03. The maximum absolute atomic E-state index is 12.8. The first-order valence-corrected chi connectivity index (χ1v) is 14.0. The van der Waals surface area contributed by atoms with Gasteiger partial charge in [0, 0.05) is 0 Å². The molecule has 0 aliphatic carbocycles. The summed E-state index contributed by atoms with van der Waals surface area (Å²) in [6, 6.07) is 5.50. The Labute approximate surface area is 217 Å². The number of benzene rings is 1. The SMILES string of the molecule is CC/C=C/CCOc1c(OCCCCCCCCCC)c2c(OCC/C=C/CC)cccc2oc1=O. The molecule has 0 radical (unpaired) electrons. The third-order valence-electron chi connectivity index (χ3n) is 5.93. The van der Waals surface area contributed by atoms with Gasteiger partial charge in [-0.15, -0.1) is 0 Å². The number of unbranched alkanes of at least 4 members (excludes halogenated alkanes) is 7. The molecule has 36 heavy (non-hydrogen) atoms. The molecule has 0 saturated carbocycles. The van der Waals surface area contributed by atoms with E-state index in [1.165, 1.54) is 38.5 Å². The Bertz CT molecular complexity index is 973. The van der Waals surface area contributed by atoms with E-state index >= 15 is 0 Å². The molecule has 0 bridgehead atoms. The molecule has 2 rings (SSSR count). The molecule has 0 atom stereocenters. The lowest BCUT2D eigenvalue weighted by Gasteiger charge is -2.16. The zero-order valence-electron chi connectivity index (χ0n) is 22.7. The van der Waals surface area contributed by atoms with Crippen molar-refractivity contribution in [1.29, 1.82) is 0 Å². The lowest BCUT2D eigenvalue weighted by atomic mass is 10.1.